The maximum atomic E-state index is 12.3. The van der Waals surface area contributed by atoms with Crippen molar-refractivity contribution in [3.8, 4) is 0 Å². The predicted octanol–water partition coefficient (Wildman–Crippen LogP) is 4.88. The summed E-state index contributed by atoms with van der Waals surface area (Å²) in [6.07, 6.45) is 3.35. The van der Waals surface area contributed by atoms with Crippen LogP contribution in [0.3, 0.4) is 0 Å². The van der Waals surface area contributed by atoms with Gasteiger partial charge in [0, 0.05) is 23.6 Å². The molecular weight excluding hydrogens is 246 g/mol. The average Bonchev–Trinajstić information content (AvgIpc) is 2.35. The molecule has 106 valence electrons. The third-order valence-corrected chi connectivity index (χ3v) is 3.41. The van der Waals surface area contributed by atoms with Crippen molar-refractivity contribution >= 4 is 16.7 Å². The first-order valence-corrected chi connectivity index (χ1v) is 7.23. The molecule has 0 aliphatic heterocycles. The van der Waals surface area contributed by atoms with Gasteiger partial charge in [0.15, 0.2) is 5.78 Å². The number of para-hydroxylation sites is 1. The summed E-state index contributed by atoms with van der Waals surface area (Å²) in [6, 6.07) is 9.85. The molecule has 2 nitrogen and oxygen atoms in total. The lowest BCUT2D eigenvalue weighted by atomic mass is 9.83. The van der Waals surface area contributed by atoms with E-state index in [0.717, 1.165) is 22.9 Å². The number of pyridine rings is 1. The van der Waals surface area contributed by atoms with Gasteiger partial charge in [0.2, 0.25) is 0 Å². The van der Waals surface area contributed by atoms with Gasteiger partial charge < -0.3 is 0 Å². The highest BCUT2D eigenvalue weighted by atomic mass is 16.1. The van der Waals surface area contributed by atoms with E-state index in [9.17, 15) is 4.79 Å². The highest BCUT2D eigenvalue weighted by molar-refractivity contribution is 5.98. The third-order valence-electron chi connectivity index (χ3n) is 3.41. The number of rotatable bonds is 4. The summed E-state index contributed by atoms with van der Waals surface area (Å²) in [5, 5.41) is 1.03. The second-order valence-corrected chi connectivity index (χ2v) is 6.91. The number of carbonyl (C=O) groups excluding carboxylic acids is 1. The fourth-order valence-corrected chi connectivity index (χ4v) is 2.78. The topological polar surface area (TPSA) is 30.0 Å². The van der Waals surface area contributed by atoms with Crippen molar-refractivity contribution in [2.24, 2.45) is 11.3 Å². The minimum absolute atomic E-state index is 0.194. The SMILES string of the molecule is CC(CC(=O)c1cnc2ccccc2c1)CC(C)(C)C. The molecule has 0 N–H and O–H groups in total. The van der Waals surface area contributed by atoms with Crippen molar-refractivity contribution in [3.05, 3.63) is 42.1 Å². The lowest BCUT2D eigenvalue weighted by Gasteiger charge is -2.22. The fraction of sp³-hybridized carbons (Fsp3) is 0.444. The molecule has 0 saturated carbocycles. The molecule has 0 amide bonds. The van der Waals surface area contributed by atoms with Gasteiger partial charge in [0.1, 0.15) is 0 Å². The number of nitrogens with zero attached hydrogens (tertiary/aromatic N) is 1. The number of aromatic nitrogens is 1. The Kier molecular flexibility index (Phi) is 4.22. The fourth-order valence-electron chi connectivity index (χ4n) is 2.78. The van der Waals surface area contributed by atoms with Crippen LogP contribution in [-0.2, 0) is 0 Å². The van der Waals surface area contributed by atoms with E-state index in [0.29, 0.717) is 12.3 Å². The van der Waals surface area contributed by atoms with Gasteiger partial charge in [-0.05, 0) is 29.9 Å². The minimum Gasteiger partial charge on any atom is -0.294 e. The molecule has 0 saturated heterocycles. The molecule has 0 spiro atoms. The van der Waals surface area contributed by atoms with E-state index in [4.69, 9.17) is 0 Å². The molecule has 1 aromatic carbocycles. The molecule has 0 radical (unpaired) electrons. The normalized spacial score (nSPS) is 13.4. The van der Waals surface area contributed by atoms with Gasteiger partial charge in [0.05, 0.1) is 5.52 Å². The van der Waals surface area contributed by atoms with Crippen molar-refractivity contribution in [1.29, 1.82) is 0 Å². The predicted molar refractivity (Wildman–Crippen MR) is 83.9 cm³/mol. The number of ketones is 1. The van der Waals surface area contributed by atoms with Crippen molar-refractivity contribution in [1.82, 2.24) is 4.98 Å². The first-order valence-electron chi connectivity index (χ1n) is 7.23. The molecule has 20 heavy (non-hydrogen) atoms. The number of fused-ring (bicyclic) bond motifs is 1. The van der Waals surface area contributed by atoms with Crippen molar-refractivity contribution in [3.63, 3.8) is 0 Å². The van der Waals surface area contributed by atoms with Gasteiger partial charge in [-0.15, -0.1) is 0 Å². The first-order chi connectivity index (χ1) is 9.35. The Labute approximate surface area is 121 Å². The van der Waals surface area contributed by atoms with E-state index in [-0.39, 0.29) is 11.2 Å². The van der Waals surface area contributed by atoms with E-state index >= 15 is 0 Å². The highest BCUT2D eigenvalue weighted by Gasteiger charge is 2.18. The molecule has 2 aromatic rings. The lowest BCUT2D eigenvalue weighted by Crippen LogP contribution is -2.14. The van der Waals surface area contributed by atoms with Crippen LogP contribution < -0.4 is 0 Å². The Morgan fingerprint density at radius 3 is 2.65 bits per heavy atom. The smallest absolute Gasteiger partial charge is 0.164 e. The van der Waals surface area contributed by atoms with E-state index in [1.165, 1.54) is 0 Å². The molecule has 0 bridgehead atoms. The van der Waals surface area contributed by atoms with Crippen LogP contribution in [0.25, 0.3) is 10.9 Å². The van der Waals surface area contributed by atoms with Crippen LogP contribution in [0.5, 0.6) is 0 Å². The Morgan fingerprint density at radius 1 is 1.25 bits per heavy atom. The Morgan fingerprint density at radius 2 is 1.95 bits per heavy atom. The van der Waals surface area contributed by atoms with Crippen LogP contribution in [0.2, 0.25) is 0 Å². The third kappa shape index (κ3) is 3.89. The van der Waals surface area contributed by atoms with E-state index < -0.39 is 0 Å². The summed E-state index contributed by atoms with van der Waals surface area (Å²) in [4.78, 5) is 16.7. The molecule has 0 aliphatic rings. The average molecular weight is 269 g/mol. The van der Waals surface area contributed by atoms with E-state index in [1.54, 1.807) is 6.20 Å². The van der Waals surface area contributed by atoms with Crippen LogP contribution in [0.1, 0.15) is 50.9 Å². The largest absolute Gasteiger partial charge is 0.294 e. The molecule has 0 aliphatic carbocycles. The molecule has 1 atom stereocenters. The highest BCUT2D eigenvalue weighted by Crippen LogP contribution is 2.27. The zero-order valence-electron chi connectivity index (χ0n) is 12.8. The van der Waals surface area contributed by atoms with Gasteiger partial charge in [0.25, 0.3) is 0 Å². The van der Waals surface area contributed by atoms with E-state index in [1.807, 2.05) is 30.3 Å². The quantitative estimate of drug-likeness (QED) is 0.740. The maximum Gasteiger partial charge on any atom is 0.164 e. The number of carbonyl (C=O) groups is 1. The summed E-state index contributed by atoms with van der Waals surface area (Å²) >= 11 is 0. The molecule has 2 heteroatoms. The van der Waals surface area contributed by atoms with Gasteiger partial charge >= 0.3 is 0 Å². The molecule has 1 unspecified atom stereocenters. The lowest BCUT2D eigenvalue weighted by molar-refractivity contribution is 0.0954. The first kappa shape index (κ1) is 14.7. The molecule has 2 rings (SSSR count). The summed E-state index contributed by atoms with van der Waals surface area (Å²) in [5.41, 5.74) is 1.93. The molecular formula is C18H23NO. The zero-order valence-corrected chi connectivity index (χ0v) is 12.8. The Bertz CT molecular complexity index is 610. The minimum atomic E-state index is 0.194. The number of benzene rings is 1. The molecule has 0 fully saturated rings. The number of hydrogen-bond donors (Lipinski definition) is 0. The monoisotopic (exact) mass is 269 g/mol. The van der Waals surface area contributed by atoms with Crippen molar-refractivity contribution in [2.45, 2.75) is 40.5 Å². The second-order valence-electron chi connectivity index (χ2n) is 6.91. The number of Topliss-reactive ketones (excluding diaryl/α,β-unsaturated/α-hetero) is 1. The van der Waals surface area contributed by atoms with Gasteiger partial charge in [-0.2, -0.15) is 0 Å². The maximum absolute atomic E-state index is 12.3. The summed E-state index contributed by atoms with van der Waals surface area (Å²) in [6.45, 7) is 8.79. The van der Waals surface area contributed by atoms with Gasteiger partial charge in [-0.1, -0.05) is 45.9 Å². The van der Waals surface area contributed by atoms with Crippen molar-refractivity contribution in [2.75, 3.05) is 0 Å². The van der Waals surface area contributed by atoms with E-state index in [2.05, 4.69) is 32.7 Å². The van der Waals surface area contributed by atoms with Crippen LogP contribution in [0.4, 0.5) is 0 Å². The molecule has 1 aromatic heterocycles. The number of hydrogen-bond acceptors (Lipinski definition) is 2. The molecule has 1 heterocycles. The summed E-state index contributed by atoms with van der Waals surface area (Å²) in [7, 11) is 0. The van der Waals surface area contributed by atoms with Crippen LogP contribution in [0.15, 0.2) is 36.5 Å². The Balaban J connectivity index is 2.11. The van der Waals surface area contributed by atoms with Gasteiger partial charge in [-0.25, -0.2) is 0 Å². The summed E-state index contributed by atoms with van der Waals surface area (Å²) in [5.74, 6) is 0.592. The van der Waals surface area contributed by atoms with Crippen LogP contribution >= 0.6 is 0 Å². The van der Waals surface area contributed by atoms with Crippen LogP contribution in [-0.4, -0.2) is 10.8 Å². The van der Waals surface area contributed by atoms with Crippen molar-refractivity contribution < 1.29 is 4.79 Å². The standard InChI is InChI=1S/C18H23NO/c1-13(11-18(2,3)4)9-17(20)15-10-14-7-5-6-8-16(14)19-12-15/h5-8,10,12-13H,9,11H2,1-4H3. The Hall–Kier alpha value is -1.70. The second kappa shape index (κ2) is 5.74. The van der Waals surface area contributed by atoms with Gasteiger partial charge in [-0.3, -0.25) is 9.78 Å². The van der Waals surface area contributed by atoms with Crippen LogP contribution in [0, 0.1) is 11.3 Å². The zero-order chi connectivity index (χ0) is 14.8. The summed E-state index contributed by atoms with van der Waals surface area (Å²) < 4.78 is 0.